The summed E-state index contributed by atoms with van der Waals surface area (Å²) in [4.78, 5) is 30.5. The maximum atomic E-state index is 13.6. The number of anilines is 1. The van der Waals surface area contributed by atoms with Crippen molar-refractivity contribution in [3.05, 3.63) is 35.0 Å². The molecule has 0 unspecified atom stereocenters. The van der Waals surface area contributed by atoms with E-state index in [9.17, 15) is 14.0 Å². The summed E-state index contributed by atoms with van der Waals surface area (Å²) < 4.78 is 13.7. The predicted octanol–water partition coefficient (Wildman–Crippen LogP) is 3.65. The van der Waals surface area contributed by atoms with Crippen molar-refractivity contribution in [2.45, 2.75) is 22.8 Å². The Kier molecular flexibility index (Phi) is 5.15. The summed E-state index contributed by atoms with van der Waals surface area (Å²) in [5.74, 6) is -1.50. The van der Waals surface area contributed by atoms with E-state index in [1.807, 2.05) is 0 Å². The van der Waals surface area contributed by atoms with Gasteiger partial charge in [-0.3, -0.25) is 10.1 Å². The molecule has 0 bridgehead atoms. The Hall–Kier alpha value is -1.51. The van der Waals surface area contributed by atoms with E-state index >= 15 is 0 Å². The van der Waals surface area contributed by atoms with Gasteiger partial charge in [-0.25, -0.2) is 14.4 Å². The van der Waals surface area contributed by atoms with Gasteiger partial charge in [0.05, 0.1) is 15.2 Å². The van der Waals surface area contributed by atoms with E-state index in [0.717, 1.165) is 16.6 Å². The molecule has 0 atom stereocenters. The molecule has 2 rings (SSSR count). The third-order valence-corrected chi connectivity index (χ3v) is 4.73. The molecule has 0 saturated carbocycles. The maximum Gasteiger partial charge on any atom is 0.279 e. The van der Waals surface area contributed by atoms with Gasteiger partial charge in [-0.2, -0.15) is 0 Å². The molecule has 9 heteroatoms. The molecule has 2 heterocycles. The molecule has 0 radical (unpaired) electrons. The zero-order valence-corrected chi connectivity index (χ0v) is 14.0. The van der Waals surface area contributed by atoms with Crippen molar-refractivity contribution < 1.29 is 14.0 Å². The van der Waals surface area contributed by atoms with Crippen LogP contribution in [0.15, 0.2) is 22.5 Å². The summed E-state index contributed by atoms with van der Waals surface area (Å²) in [6.45, 7) is 3.54. The lowest BCUT2D eigenvalue weighted by Crippen LogP contribution is -2.15. The van der Waals surface area contributed by atoms with E-state index in [0.29, 0.717) is 0 Å². The Bertz CT molecular complexity index is 721. The Morgan fingerprint density at radius 3 is 2.91 bits per heavy atom. The summed E-state index contributed by atoms with van der Waals surface area (Å²) in [6, 6.07) is 2.33. The normalized spacial score (nSPS) is 11.3. The first-order valence-corrected chi connectivity index (χ1v) is 8.06. The number of nitrogens with one attached hydrogen (secondary N) is 1. The minimum Gasteiger partial charge on any atom is -0.302 e. The Morgan fingerprint density at radius 2 is 2.23 bits per heavy atom. The number of hydrogen-bond donors (Lipinski definition) is 1. The van der Waals surface area contributed by atoms with Crippen LogP contribution in [-0.2, 0) is 4.79 Å². The molecule has 0 aliphatic heterocycles. The Morgan fingerprint density at radius 1 is 1.50 bits per heavy atom. The van der Waals surface area contributed by atoms with Crippen LogP contribution >= 0.6 is 34.7 Å². The van der Waals surface area contributed by atoms with Gasteiger partial charge in [0.15, 0.2) is 16.6 Å². The highest BCUT2D eigenvalue weighted by Gasteiger charge is 2.21. The standard InChI is InChI=1S/C13H11ClFN3O2S2/c1-13(2,6-19)22-9-5-16-12(21-9)18-11(20)10-7(15)3-4-8(14)17-10/h3-6H,1-2H3,(H,16,18,20). The summed E-state index contributed by atoms with van der Waals surface area (Å²) in [5, 5.41) is 2.77. The van der Waals surface area contributed by atoms with Gasteiger partial charge in [-0.1, -0.05) is 34.7 Å². The van der Waals surface area contributed by atoms with Gasteiger partial charge in [0, 0.05) is 0 Å². The quantitative estimate of drug-likeness (QED) is 0.501. The monoisotopic (exact) mass is 359 g/mol. The van der Waals surface area contributed by atoms with E-state index < -0.39 is 22.2 Å². The number of rotatable bonds is 5. The Labute approximate surface area is 139 Å². The first kappa shape index (κ1) is 16.9. The highest BCUT2D eigenvalue weighted by Crippen LogP contribution is 2.36. The first-order chi connectivity index (χ1) is 10.3. The largest absolute Gasteiger partial charge is 0.302 e. The number of thioether (sulfide) groups is 1. The molecule has 22 heavy (non-hydrogen) atoms. The minimum absolute atomic E-state index is 0.0228. The van der Waals surface area contributed by atoms with Crippen molar-refractivity contribution in [1.82, 2.24) is 9.97 Å². The van der Waals surface area contributed by atoms with Gasteiger partial charge in [-0.15, -0.1) is 0 Å². The number of halogens is 2. The fraction of sp³-hybridized carbons (Fsp3) is 0.231. The number of carbonyl (C=O) groups excluding carboxylic acids is 2. The zero-order valence-electron chi connectivity index (χ0n) is 11.6. The van der Waals surface area contributed by atoms with Crippen molar-refractivity contribution in [3.8, 4) is 0 Å². The van der Waals surface area contributed by atoms with Gasteiger partial charge in [0.2, 0.25) is 0 Å². The molecule has 0 saturated heterocycles. The third kappa shape index (κ3) is 4.25. The van der Waals surface area contributed by atoms with Crippen molar-refractivity contribution in [3.63, 3.8) is 0 Å². The van der Waals surface area contributed by atoms with E-state index in [1.165, 1.54) is 35.4 Å². The highest BCUT2D eigenvalue weighted by atomic mass is 35.5. The van der Waals surface area contributed by atoms with E-state index in [-0.39, 0.29) is 10.3 Å². The molecule has 0 aliphatic rings. The number of aldehydes is 1. The van der Waals surface area contributed by atoms with Crippen LogP contribution in [0.1, 0.15) is 24.3 Å². The number of hydrogen-bond acceptors (Lipinski definition) is 6. The second-order valence-electron chi connectivity index (χ2n) is 4.73. The SMILES string of the molecule is CC(C)(C=O)Sc1cnc(NC(=O)c2nc(Cl)ccc2F)s1. The van der Waals surface area contributed by atoms with E-state index in [1.54, 1.807) is 13.8 Å². The van der Waals surface area contributed by atoms with Crippen molar-refractivity contribution >= 4 is 52.0 Å². The molecule has 2 aromatic heterocycles. The molecule has 1 amide bonds. The molecule has 116 valence electrons. The summed E-state index contributed by atoms with van der Waals surface area (Å²) >= 11 is 8.16. The highest BCUT2D eigenvalue weighted by molar-refractivity contribution is 8.03. The number of carbonyl (C=O) groups is 2. The van der Waals surface area contributed by atoms with Gasteiger partial charge >= 0.3 is 0 Å². The smallest absolute Gasteiger partial charge is 0.279 e. The molecule has 1 N–H and O–H groups in total. The third-order valence-electron chi connectivity index (χ3n) is 2.38. The van der Waals surface area contributed by atoms with Crippen LogP contribution in [0.3, 0.4) is 0 Å². The molecule has 0 aliphatic carbocycles. The average molecular weight is 360 g/mol. The van der Waals surface area contributed by atoms with Gasteiger partial charge in [0.1, 0.15) is 11.4 Å². The van der Waals surface area contributed by atoms with Crippen LogP contribution in [0.2, 0.25) is 5.15 Å². The van der Waals surface area contributed by atoms with Gasteiger partial charge in [0.25, 0.3) is 5.91 Å². The van der Waals surface area contributed by atoms with Crippen LogP contribution in [-0.4, -0.2) is 26.9 Å². The van der Waals surface area contributed by atoms with Gasteiger partial charge < -0.3 is 4.79 Å². The summed E-state index contributed by atoms with van der Waals surface area (Å²) in [6.07, 6.45) is 2.37. The number of nitrogens with zero attached hydrogens (tertiary/aromatic N) is 2. The summed E-state index contributed by atoms with van der Waals surface area (Å²) in [7, 11) is 0. The van der Waals surface area contributed by atoms with E-state index in [2.05, 4.69) is 15.3 Å². The topological polar surface area (TPSA) is 72.0 Å². The molecular weight excluding hydrogens is 349 g/mol. The average Bonchev–Trinajstić information content (AvgIpc) is 2.87. The molecule has 0 aromatic carbocycles. The lowest BCUT2D eigenvalue weighted by molar-refractivity contribution is -0.109. The lowest BCUT2D eigenvalue weighted by atomic mass is 10.2. The fourth-order valence-electron chi connectivity index (χ4n) is 1.38. The van der Waals surface area contributed by atoms with Crippen LogP contribution in [0.25, 0.3) is 0 Å². The van der Waals surface area contributed by atoms with Crippen LogP contribution in [0.4, 0.5) is 9.52 Å². The lowest BCUT2D eigenvalue weighted by Gasteiger charge is -2.13. The maximum absolute atomic E-state index is 13.6. The molecule has 5 nitrogen and oxygen atoms in total. The molecular formula is C13H11ClFN3O2S2. The number of amides is 1. The van der Waals surface area contributed by atoms with Crippen molar-refractivity contribution in [1.29, 1.82) is 0 Å². The van der Waals surface area contributed by atoms with Crippen LogP contribution in [0.5, 0.6) is 0 Å². The predicted molar refractivity (Wildman–Crippen MR) is 85.3 cm³/mol. The van der Waals surface area contributed by atoms with Crippen LogP contribution < -0.4 is 5.32 Å². The fourth-order valence-corrected chi connectivity index (χ4v) is 3.79. The Balaban J connectivity index is 2.11. The molecule has 2 aromatic rings. The summed E-state index contributed by atoms with van der Waals surface area (Å²) in [5.41, 5.74) is -0.398. The molecule has 0 spiro atoms. The number of pyridine rings is 1. The second-order valence-corrected chi connectivity index (χ2v) is 8.10. The molecule has 0 fully saturated rings. The van der Waals surface area contributed by atoms with Gasteiger partial charge in [-0.05, 0) is 26.0 Å². The first-order valence-electron chi connectivity index (χ1n) is 6.05. The number of aromatic nitrogens is 2. The van der Waals surface area contributed by atoms with Crippen LogP contribution in [0, 0.1) is 5.82 Å². The van der Waals surface area contributed by atoms with E-state index in [4.69, 9.17) is 11.6 Å². The second kappa shape index (κ2) is 6.72. The zero-order chi connectivity index (χ0) is 16.3. The number of thiazole rings is 1. The van der Waals surface area contributed by atoms with Crippen molar-refractivity contribution in [2.75, 3.05) is 5.32 Å². The minimum atomic E-state index is -0.768. The van der Waals surface area contributed by atoms with Crippen molar-refractivity contribution in [2.24, 2.45) is 0 Å².